The molecule has 1 fully saturated rings. The van der Waals surface area contributed by atoms with Gasteiger partial charge in [0, 0.05) is 19.0 Å². The van der Waals surface area contributed by atoms with Crippen LogP contribution < -0.4 is 15.4 Å². The maximum Gasteiger partial charge on any atom is 0.416 e. The zero-order valence-corrected chi connectivity index (χ0v) is 24.1. The van der Waals surface area contributed by atoms with Crippen molar-refractivity contribution in [3.05, 3.63) is 101 Å². The van der Waals surface area contributed by atoms with Crippen LogP contribution in [0.25, 0.3) is 0 Å². The van der Waals surface area contributed by atoms with Gasteiger partial charge in [0.05, 0.1) is 22.5 Å². The Bertz CT molecular complexity index is 1490. The van der Waals surface area contributed by atoms with E-state index in [9.17, 15) is 26.4 Å². The van der Waals surface area contributed by atoms with Crippen molar-refractivity contribution in [2.24, 2.45) is 0 Å². The zero-order valence-electron chi connectivity index (χ0n) is 23.3. The summed E-state index contributed by atoms with van der Waals surface area (Å²) in [6, 6.07) is 17.9. The molecule has 5 rings (SSSR count). The summed E-state index contributed by atoms with van der Waals surface area (Å²) in [5.74, 6) is -0.347. The Balaban J connectivity index is 1.29. The summed E-state index contributed by atoms with van der Waals surface area (Å²) in [7, 11) is -4.37. The minimum Gasteiger partial charge on any atom is -0.349 e. The molecule has 224 valence electrons. The minimum atomic E-state index is -4.69. The summed E-state index contributed by atoms with van der Waals surface area (Å²) in [5, 5.41) is 6.73. The van der Waals surface area contributed by atoms with E-state index in [1.165, 1.54) is 36.8 Å². The monoisotopic (exact) mass is 599 g/mol. The molecule has 2 aliphatic rings. The number of fused-ring (bicyclic) bond motifs is 1. The molecule has 2 atom stereocenters. The van der Waals surface area contributed by atoms with Gasteiger partial charge < -0.3 is 10.6 Å². The molecular formula is C32H36F3N3O3S. The van der Waals surface area contributed by atoms with Crippen molar-refractivity contribution in [3.8, 4) is 0 Å². The van der Waals surface area contributed by atoms with Crippen molar-refractivity contribution in [1.29, 1.82) is 0 Å². The van der Waals surface area contributed by atoms with E-state index >= 15 is 0 Å². The van der Waals surface area contributed by atoms with E-state index in [4.69, 9.17) is 0 Å². The number of carbonyl (C=O) groups excluding carboxylic acids is 1. The Morgan fingerprint density at radius 2 is 1.67 bits per heavy atom. The van der Waals surface area contributed by atoms with Crippen LogP contribution in [-0.2, 0) is 34.0 Å². The molecule has 1 amide bonds. The van der Waals surface area contributed by atoms with E-state index in [2.05, 4.69) is 33.6 Å². The predicted molar refractivity (Wildman–Crippen MR) is 155 cm³/mol. The molecular weight excluding hydrogens is 563 g/mol. The van der Waals surface area contributed by atoms with Crippen LogP contribution >= 0.6 is 0 Å². The number of aryl methyl sites for hydroxylation is 1. The molecule has 0 spiro atoms. The summed E-state index contributed by atoms with van der Waals surface area (Å²) >= 11 is 0. The summed E-state index contributed by atoms with van der Waals surface area (Å²) in [6.07, 6.45) is 2.72. The second kappa shape index (κ2) is 13.0. The molecule has 0 aliphatic heterocycles. The van der Waals surface area contributed by atoms with Gasteiger partial charge in [0.1, 0.15) is 0 Å². The zero-order chi connectivity index (χ0) is 29.7. The van der Waals surface area contributed by atoms with Crippen molar-refractivity contribution in [2.45, 2.75) is 87.1 Å². The second-order valence-electron chi connectivity index (χ2n) is 11.2. The Morgan fingerprint density at radius 1 is 0.905 bits per heavy atom. The summed E-state index contributed by atoms with van der Waals surface area (Å²) in [6.45, 7) is 0.819. The first-order chi connectivity index (χ1) is 20.1. The van der Waals surface area contributed by atoms with Crippen molar-refractivity contribution in [1.82, 2.24) is 15.4 Å². The second-order valence-corrected chi connectivity index (χ2v) is 12.9. The van der Waals surface area contributed by atoms with Crippen molar-refractivity contribution in [3.63, 3.8) is 0 Å². The van der Waals surface area contributed by atoms with Gasteiger partial charge in [-0.05, 0) is 72.6 Å². The first-order valence-electron chi connectivity index (χ1n) is 14.5. The molecule has 3 N–H and O–H groups in total. The van der Waals surface area contributed by atoms with E-state index < -0.39 is 32.7 Å². The molecule has 2 aliphatic carbocycles. The van der Waals surface area contributed by atoms with Gasteiger partial charge in [0.25, 0.3) is 0 Å². The lowest BCUT2D eigenvalue weighted by atomic mass is 9.86. The average Bonchev–Trinajstić information content (AvgIpc) is 3.50. The van der Waals surface area contributed by atoms with Gasteiger partial charge in [-0.25, -0.2) is 13.1 Å². The highest BCUT2D eigenvalue weighted by atomic mass is 32.2. The third kappa shape index (κ3) is 7.59. The standard InChI is InChI=1S/C32H36F3N3O3S/c33-32(34,35)25-11-7-14-27(19-25)42(40,41)38-30(23-8-2-1-3-9-23)20-31(39)37-29-15-6-10-24-18-22(16-17-28(24)29)21-36-26-12-4-5-13-26/h1-3,7-9,11,14,16-19,26,29-30,36,38H,4-6,10,12-13,15,20-21H2,(H,37,39). The van der Waals surface area contributed by atoms with E-state index in [0.717, 1.165) is 49.6 Å². The molecule has 42 heavy (non-hydrogen) atoms. The first kappa shape index (κ1) is 30.3. The maximum absolute atomic E-state index is 13.3. The van der Waals surface area contributed by atoms with Gasteiger partial charge in [0.2, 0.25) is 15.9 Å². The van der Waals surface area contributed by atoms with Crippen molar-refractivity contribution >= 4 is 15.9 Å². The third-order valence-electron chi connectivity index (χ3n) is 8.17. The number of hydrogen-bond donors (Lipinski definition) is 3. The van der Waals surface area contributed by atoms with Crippen molar-refractivity contribution in [2.75, 3.05) is 0 Å². The van der Waals surface area contributed by atoms with Crippen LogP contribution in [0, 0.1) is 0 Å². The lowest BCUT2D eigenvalue weighted by molar-refractivity contribution is -0.137. The number of amides is 1. The van der Waals surface area contributed by atoms with Crippen LogP contribution in [0.3, 0.4) is 0 Å². The molecule has 3 aromatic rings. The van der Waals surface area contributed by atoms with E-state index in [0.29, 0.717) is 17.7 Å². The number of halogens is 3. The summed E-state index contributed by atoms with van der Waals surface area (Å²) in [4.78, 5) is 12.8. The van der Waals surface area contributed by atoms with Crippen LogP contribution in [0.1, 0.15) is 84.8 Å². The smallest absolute Gasteiger partial charge is 0.349 e. The van der Waals surface area contributed by atoms with E-state index in [-0.39, 0.29) is 18.4 Å². The van der Waals surface area contributed by atoms with Gasteiger partial charge in [-0.3, -0.25) is 4.79 Å². The minimum absolute atomic E-state index is 0.199. The summed E-state index contributed by atoms with van der Waals surface area (Å²) in [5.41, 5.74) is 2.97. The van der Waals surface area contributed by atoms with Crippen LogP contribution in [-0.4, -0.2) is 20.4 Å². The molecule has 0 bridgehead atoms. The SMILES string of the molecule is O=C(CC(NS(=O)(=O)c1cccc(C(F)(F)F)c1)c1ccccc1)NC1CCCc2cc(CNC3CCCC3)ccc21. The van der Waals surface area contributed by atoms with Crippen LogP contribution in [0.5, 0.6) is 0 Å². The van der Waals surface area contributed by atoms with Gasteiger partial charge in [0.15, 0.2) is 0 Å². The predicted octanol–water partition coefficient (Wildman–Crippen LogP) is 6.34. The lowest BCUT2D eigenvalue weighted by Crippen LogP contribution is -2.36. The first-order valence-corrected chi connectivity index (χ1v) is 16.0. The quantitative estimate of drug-likeness (QED) is 0.254. The molecule has 6 nitrogen and oxygen atoms in total. The summed E-state index contributed by atoms with van der Waals surface area (Å²) < 4.78 is 68.6. The number of benzene rings is 3. The fraction of sp³-hybridized carbons (Fsp3) is 0.406. The molecule has 0 saturated heterocycles. The molecule has 0 radical (unpaired) electrons. The lowest BCUT2D eigenvalue weighted by Gasteiger charge is -2.28. The number of carbonyl (C=O) groups is 1. The molecule has 0 heterocycles. The third-order valence-corrected chi connectivity index (χ3v) is 9.64. The maximum atomic E-state index is 13.3. The average molecular weight is 600 g/mol. The number of nitrogens with one attached hydrogen (secondary N) is 3. The highest BCUT2D eigenvalue weighted by Gasteiger charge is 2.33. The fourth-order valence-electron chi connectivity index (χ4n) is 5.97. The van der Waals surface area contributed by atoms with Crippen LogP contribution in [0.15, 0.2) is 77.7 Å². The number of rotatable bonds is 10. The molecule has 10 heteroatoms. The van der Waals surface area contributed by atoms with Gasteiger partial charge in [-0.15, -0.1) is 0 Å². The molecule has 2 unspecified atom stereocenters. The molecule has 1 saturated carbocycles. The highest BCUT2D eigenvalue weighted by molar-refractivity contribution is 7.89. The van der Waals surface area contributed by atoms with Crippen LogP contribution in [0.2, 0.25) is 0 Å². The number of alkyl halides is 3. The Kier molecular flexibility index (Phi) is 9.35. The normalized spacial score (nSPS) is 18.4. The van der Waals surface area contributed by atoms with E-state index in [1.54, 1.807) is 30.3 Å². The molecule has 3 aromatic carbocycles. The Hall–Kier alpha value is -3.21. The number of hydrogen-bond acceptors (Lipinski definition) is 4. The van der Waals surface area contributed by atoms with Crippen molar-refractivity contribution < 1.29 is 26.4 Å². The highest BCUT2D eigenvalue weighted by Crippen LogP contribution is 2.33. The number of sulfonamides is 1. The van der Waals surface area contributed by atoms with Gasteiger partial charge in [-0.2, -0.15) is 13.2 Å². The fourth-order valence-corrected chi connectivity index (χ4v) is 7.24. The van der Waals surface area contributed by atoms with E-state index in [1.807, 2.05) is 0 Å². The van der Waals surface area contributed by atoms with Crippen LogP contribution in [0.4, 0.5) is 13.2 Å². The topological polar surface area (TPSA) is 87.3 Å². The van der Waals surface area contributed by atoms with Gasteiger partial charge >= 0.3 is 6.18 Å². The van der Waals surface area contributed by atoms with Gasteiger partial charge in [-0.1, -0.05) is 67.4 Å². The Morgan fingerprint density at radius 3 is 2.40 bits per heavy atom. The Labute approximate surface area is 245 Å². The molecule has 0 aromatic heterocycles. The largest absolute Gasteiger partial charge is 0.416 e.